The Hall–Kier alpha value is -1.38. The quantitative estimate of drug-likeness (QED) is 0.491. The van der Waals surface area contributed by atoms with E-state index in [1.807, 2.05) is 0 Å². The predicted molar refractivity (Wildman–Crippen MR) is 97.6 cm³/mol. The molecule has 1 saturated carbocycles. The van der Waals surface area contributed by atoms with E-state index in [9.17, 15) is 0 Å². The second-order valence-electron chi connectivity index (χ2n) is 6.51. The van der Waals surface area contributed by atoms with Gasteiger partial charge in [-0.3, -0.25) is 0 Å². The van der Waals surface area contributed by atoms with Crippen LogP contribution < -0.4 is 0 Å². The normalized spacial score (nSPS) is 15.9. The molecule has 0 saturated heterocycles. The van der Waals surface area contributed by atoms with E-state index >= 15 is 0 Å². The van der Waals surface area contributed by atoms with E-state index in [4.69, 9.17) is 4.43 Å². The average Bonchev–Trinajstić information content (AvgIpc) is 2.64. The largest absolute Gasteiger partial charge is 0.416 e. The van der Waals surface area contributed by atoms with Crippen LogP contribution in [0.2, 0.25) is 0 Å². The monoisotopic (exact) mass is 322 g/mol. The molecule has 120 valence electrons. The summed E-state index contributed by atoms with van der Waals surface area (Å²) in [6.07, 6.45) is 8.33. The van der Waals surface area contributed by atoms with Gasteiger partial charge in [0.05, 0.1) is 0 Å². The maximum Gasteiger partial charge on any atom is 0.242 e. The van der Waals surface area contributed by atoms with E-state index in [0.717, 1.165) is 12.5 Å². The van der Waals surface area contributed by atoms with Gasteiger partial charge in [-0.1, -0.05) is 92.8 Å². The molecule has 0 N–H and O–H groups in total. The first-order valence-electron chi connectivity index (χ1n) is 8.90. The summed E-state index contributed by atoms with van der Waals surface area (Å²) < 4.78 is 6.14. The molecule has 0 bridgehead atoms. The highest BCUT2D eigenvalue weighted by Gasteiger charge is 2.17. The molecule has 2 radical (unpaired) electrons. The van der Waals surface area contributed by atoms with Crippen molar-refractivity contribution >= 4 is 9.76 Å². The van der Waals surface area contributed by atoms with Crippen LogP contribution >= 0.6 is 0 Å². The highest BCUT2D eigenvalue weighted by atomic mass is 28.2. The lowest BCUT2D eigenvalue weighted by atomic mass is 9.87. The Morgan fingerprint density at radius 1 is 0.826 bits per heavy atom. The summed E-state index contributed by atoms with van der Waals surface area (Å²) in [5.74, 6) is 0.903. The van der Waals surface area contributed by atoms with Crippen LogP contribution in [0.5, 0.6) is 0 Å². The lowest BCUT2D eigenvalue weighted by Crippen LogP contribution is -2.16. The van der Waals surface area contributed by atoms with Gasteiger partial charge in [0.1, 0.15) is 0 Å². The summed E-state index contributed by atoms with van der Waals surface area (Å²) in [5, 5.41) is 0. The van der Waals surface area contributed by atoms with E-state index in [2.05, 4.69) is 60.7 Å². The summed E-state index contributed by atoms with van der Waals surface area (Å²) in [7, 11) is 0.499. The predicted octanol–water partition coefficient (Wildman–Crippen LogP) is 5.38. The van der Waals surface area contributed by atoms with Gasteiger partial charge in [0.25, 0.3) is 0 Å². The van der Waals surface area contributed by atoms with Crippen LogP contribution in [0, 0.1) is 5.92 Å². The minimum Gasteiger partial charge on any atom is -0.416 e. The van der Waals surface area contributed by atoms with E-state index in [1.165, 1.54) is 49.7 Å². The Morgan fingerprint density at radius 3 is 1.96 bits per heavy atom. The van der Waals surface area contributed by atoms with Crippen molar-refractivity contribution in [1.29, 1.82) is 0 Å². The minimum atomic E-state index is 0.365. The third-order valence-corrected chi connectivity index (χ3v) is 6.09. The van der Waals surface area contributed by atoms with Crippen LogP contribution in [-0.2, 0) is 4.43 Å². The van der Waals surface area contributed by atoms with Crippen molar-refractivity contribution in [1.82, 2.24) is 0 Å². The van der Waals surface area contributed by atoms with Crippen molar-refractivity contribution < 1.29 is 4.43 Å². The number of benzene rings is 2. The molecule has 0 heterocycles. The first kappa shape index (κ1) is 16.5. The molecule has 2 aromatic rings. The molecule has 1 nitrogen and oxygen atoms in total. The molecule has 1 aliphatic rings. The molecule has 3 rings (SSSR count). The third kappa shape index (κ3) is 5.05. The lowest BCUT2D eigenvalue weighted by molar-refractivity contribution is 0.252. The van der Waals surface area contributed by atoms with Crippen molar-refractivity contribution in [3.8, 4) is 0 Å². The van der Waals surface area contributed by atoms with Crippen LogP contribution in [0.25, 0.3) is 0 Å². The topological polar surface area (TPSA) is 9.23 Å². The van der Waals surface area contributed by atoms with Crippen LogP contribution in [0.1, 0.15) is 55.2 Å². The van der Waals surface area contributed by atoms with Crippen molar-refractivity contribution in [2.45, 2.75) is 44.1 Å². The van der Waals surface area contributed by atoms with Gasteiger partial charge >= 0.3 is 0 Å². The fourth-order valence-corrected chi connectivity index (χ4v) is 4.52. The zero-order valence-electron chi connectivity index (χ0n) is 13.8. The first-order valence-corrected chi connectivity index (χ1v) is 9.89. The van der Waals surface area contributed by atoms with E-state index in [-0.39, 0.29) is 0 Å². The smallest absolute Gasteiger partial charge is 0.242 e. The standard InChI is InChI=1S/C21H26OSi/c1-4-10-18(11-5-1)16-17-22-23-21(19-12-6-2-7-13-19)20-14-8-3-9-15-20/h2-3,6-9,12-15,18,21H,1,4-5,10-11,16-17H2. The van der Waals surface area contributed by atoms with E-state index in [0.29, 0.717) is 15.3 Å². The van der Waals surface area contributed by atoms with Gasteiger partial charge in [-0.25, -0.2) is 0 Å². The van der Waals surface area contributed by atoms with Crippen molar-refractivity contribution in [2.24, 2.45) is 5.92 Å². The Balaban J connectivity index is 1.56. The summed E-state index contributed by atoms with van der Waals surface area (Å²) in [6.45, 7) is 0.916. The maximum absolute atomic E-state index is 6.14. The Morgan fingerprint density at radius 2 is 1.39 bits per heavy atom. The minimum absolute atomic E-state index is 0.365. The van der Waals surface area contributed by atoms with Crippen LogP contribution in [-0.4, -0.2) is 16.4 Å². The molecule has 0 amide bonds. The fraction of sp³-hybridized carbons (Fsp3) is 0.429. The molecule has 0 atom stereocenters. The van der Waals surface area contributed by atoms with Gasteiger partial charge < -0.3 is 4.43 Å². The molecule has 23 heavy (non-hydrogen) atoms. The molecule has 0 unspecified atom stereocenters. The average molecular weight is 323 g/mol. The molecule has 0 spiro atoms. The Kier molecular flexibility index (Phi) is 6.48. The number of hydrogen-bond donors (Lipinski definition) is 0. The lowest BCUT2D eigenvalue weighted by Gasteiger charge is -2.22. The Labute approximate surface area is 143 Å². The number of rotatable bonds is 7. The molecular weight excluding hydrogens is 296 g/mol. The van der Waals surface area contributed by atoms with Gasteiger partial charge in [-0.2, -0.15) is 0 Å². The summed E-state index contributed by atoms with van der Waals surface area (Å²) in [6, 6.07) is 21.5. The van der Waals surface area contributed by atoms with Crippen LogP contribution in [0.4, 0.5) is 0 Å². The van der Waals surface area contributed by atoms with Gasteiger partial charge in [-0.15, -0.1) is 0 Å². The molecule has 2 heteroatoms. The highest BCUT2D eigenvalue weighted by molar-refractivity contribution is 6.31. The summed E-state index contributed by atoms with van der Waals surface area (Å²) in [4.78, 5) is 0. The first-order chi connectivity index (χ1) is 11.4. The maximum atomic E-state index is 6.14. The molecule has 1 aliphatic carbocycles. The Bertz CT molecular complexity index is 509. The van der Waals surface area contributed by atoms with Gasteiger partial charge in [0.15, 0.2) is 0 Å². The molecule has 0 aromatic heterocycles. The van der Waals surface area contributed by atoms with Crippen molar-refractivity contribution in [3.63, 3.8) is 0 Å². The zero-order valence-corrected chi connectivity index (χ0v) is 14.8. The highest BCUT2D eigenvalue weighted by Crippen LogP contribution is 2.27. The van der Waals surface area contributed by atoms with Gasteiger partial charge in [0.2, 0.25) is 9.76 Å². The second kappa shape index (κ2) is 9.04. The van der Waals surface area contributed by atoms with E-state index < -0.39 is 0 Å². The van der Waals surface area contributed by atoms with Crippen LogP contribution in [0.15, 0.2) is 60.7 Å². The fourth-order valence-electron chi connectivity index (χ4n) is 3.46. The second-order valence-corrected chi connectivity index (χ2v) is 7.62. The molecular formula is C21H26OSi. The van der Waals surface area contributed by atoms with Crippen LogP contribution in [0.3, 0.4) is 0 Å². The SMILES string of the molecule is c1ccc(C([Si]OCCC2CCCCC2)c2ccccc2)cc1. The molecule has 1 fully saturated rings. The third-order valence-electron chi connectivity index (χ3n) is 4.82. The van der Waals surface area contributed by atoms with Crippen molar-refractivity contribution in [3.05, 3.63) is 71.8 Å². The van der Waals surface area contributed by atoms with Gasteiger partial charge in [-0.05, 0) is 23.5 Å². The summed E-state index contributed by atoms with van der Waals surface area (Å²) in [5.41, 5.74) is 3.08. The summed E-state index contributed by atoms with van der Waals surface area (Å²) >= 11 is 0. The molecule has 0 aliphatic heterocycles. The van der Waals surface area contributed by atoms with Gasteiger partial charge in [0, 0.05) is 12.1 Å². The van der Waals surface area contributed by atoms with Crippen molar-refractivity contribution in [2.75, 3.05) is 6.61 Å². The zero-order chi connectivity index (χ0) is 15.7. The number of hydrogen-bond acceptors (Lipinski definition) is 1. The van der Waals surface area contributed by atoms with E-state index in [1.54, 1.807) is 0 Å². The molecule has 2 aromatic carbocycles.